The zero-order chi connectivity index (χ0) is 18.8. The van der Waals surface area contributed by atoms with Gasteiger partial charge in [0.05, 0.1) is 11.4 Å². The van der Waals surface area contributed by atoms with E-state index < -0.39 is 17.2 Å². The van der Waals surface area contributed by atoms with Gasteiger partial charge in [0.1, 0.15) is 5.82 Å². The van der Waals surface area contributed by atoms with E-state index in [4.69, 9.17) is 0 Å². The van der Waals surface area contributed by atoms with Gasteiger partial charge < -0.3 is 0 Å². The molecule has 1 aliphatic carbocycles. The van der Waals surface area contributed by atoms with Crippen LogP contribution < -0.4 is 10.7 Å². The van der Waals surface area contributed by atoms with Crippen LogP contribution in [0.3, 0.4) is 0 Å². The molecule has 27 heavy (non-hydrogen) atoms. The summed E-state index contributed by atoms with van der Waals surface area (Å²) in [7, 11) is 0. The Hall–Kier alpha value is -2.87. The Balaban J connectivity index is 1.60. The van der Waals surface area contributed by atoms with Crippen LogP contribution in [0, 0.1) is 5.82 Å². The number of carbonyl (C=O) groups excluding carboxylic acids is 1. The fraction of sp³-hybridized carbons (Fsp3) is 0.263. The third-order valence-corrected chi connectivity index (χ3v) is 5.49. The first-order valence-electron chi connectivity index (χ1n) is 8.76. The van der Waals surface area contributed by atoms with Crippen molar-refractivity contribution < 1.29 is 9.18 Å². The number of hydrogen-bond acceptors (Lipinski definition) is 5. The first kappa shape index (κ1) is 17.5. The molecule has 1 N–H and O–H groups in total. The Morgan fingerprint density at radius 3 is 2.89 bits per heavy atom. The maximum Gasteiger partial charge on any atom is 0.281 e. The molecule has 8 heteroatoms. The first-order valence-corrected chi connectivity index (χ1v) is 9.58. The molecule has 1 aliphatic rings. The van der Waals surface area contributed by atoms with E-state index in [0.29, 0.717) is 10.8 Å². The molecule has 6 nitrogen and oxygen atoms in total. The molecule has 0 fully saturated rings. The highest BCUT2D eigenvalue weighted by Crippen LogP contribution is 2.29. The van der Waals surface area contributed by atoms with Crippen molar-refractivity contribution in [1.29, 1.82) is 0 Å². The van der Waals surface area contributed by atoms with Gasteiger partial charge in [-0.05, 0) is 43.9 Å². The van der Waals surface area contributed by atoms with Crippen LogP contribution in [0.2, 0.25) is 0 Å². The third-order valence-electron chi connectivity index (χ3n) is 4.41. The monoisotopic (exact) mass is 384 g/mol. The number of fused-ring (bicyclic) bond motifs is 1. The summed E-state index contributed by atoms with van der Waals surface area (Å²) in [5.41, 5.74) is 0.696. The van der Waals surface area contributed by atoms with Gasteiger partial charge in [0.25, 0.3) is 5.91 Å². The lowest BCUT2D eigenvalue weighted by Gasteiger charge is -2.07. The van der Waals surface area contributed by atoms with E-state index in [9.17, 15) is 14.0 Å². The molecule has 4 rings (SSSR count). The van der Waals surface area contributed by atoms with Crippen molar-refractivity contribution in [2.24, 2.45) is 0 Å². The number of anilines is 1. The number of benzene rings is 1. The minimum absolute atomic E-state index is 0.257. The molecule has 1 amide bonds. The van der Waals surface area contributed by atoms with E-state index in [1.807, 2.05) is 0 Å². The summed E-state index contributed by atoms with van der Waals surface area (Å²) in [5, 5.41) is 7.25. The van der Waals surface area contributed by atoms with Crippen LogP contribution in [-0.4, -0.2) is 20.7 Å². The lowest BCUT2D eigenvalue weighted by Crippen LogP contribution is -2.25. The Labute approximate surface area is 158 Å². The van der Waals surface area contributed by atoms with E-state index in [-0.39, 0.29) is 5.69 Å². The number of hydrogen-bond donors (Lipinski definition) is 1. The van der Waals surface area contributed by atoms with E-state index in [0.717, 1.165) is 31.4 Å². The number of thiazole rings is 1. The van der Waals surface area contributed by atoms with Crippen molar-refractivity contribution in [2.75, 3.05) is 5.32 Å². The van der Waals surface area contributed by atoms with Crippen LogP contribution in [-0.2, 0) is 12.8 Å². The second-order valence-electron chi connectivity index (χ2n) is 6.36. The molecule has 0 spiro atoms. The second-order valence-corrected chi connectivity index (χ2v) is 7.44. The van der Waals surface area contributed by atoms with Crippen LogP contribution in [0.5, 0.6) is 0 Å². The predicted octanol–water partition coefficient (Wildman–Crippen LogP) is 3.35. The topological polar surface area (TPSA) is 76.9 Å². The number of aromatic nitrogens is 3. The molecule has 2 aromatic heterocycles. The molecule has 0 bridgehead atoms. The highest BCUT2D eigenvalue weighted by molar-refractivity contribution is 7.15. The average molecular weight is 384 g/mol. The van der Waals surface area contributed by atoms with Crippen molar-refractivity contribution >= 4 is 22.4 Å². The van der Waals surface area contributed by atoms with E-state index in [1.54, 1.807) is 6.07 Å². The molecule has 0 radical (unpaired) electrons. The molecule has 0 aliphatic heterocycles. The van der Waals surface area contributed by atoms with Gasteiger partial charge in [-0.15, -0.1) is 11.3 Å². The number of nitrogens with one attached hydrogen (secondary N) is 1. The first-order chi connectivity index (χ1) is 13.1. The molecule has 0 saturated carbocycles. The molecule has 0 unspecified atom stereocenters. The molecular formula is C19H17FN4O2S. The highest BCUT2D eigenvalue weighted by Gasteiger charge is 2.18. The van der Waals surface area contributed by atoms with Gasteiger partial charge in [-0.25, -0.2) is 14.1 Å². The molecule has 3 aromatic rings. The van der Waals surface area contributed by atoms with Gasteiger partial charge in [0.2, 0.25) is 5.43 Å². The summed E-state index contributed by atoms with van der Waals surface area (Å²) in [6, 6.07) is 7.00. The van der Waals surface area contributed by atoms with Gasteiger partial charge >= 0.3 is 0 Å². The van der Waals surface area contributed by atoms with Crippen LogP contribution in [0.4, 0.5) is 9.52 Å². The Bertz CT molecular complexity index is 1040. The number of rotatable bonds is 3. The average Bonchev–Trinajstić information content (AvgIpc) is 2.90. The summed E-state index contributed by atoms with van der Waals surface area (Å²) < 4.78 is 14.7. The standard InChI is InChI=1S/C19H17FN4O2S/c20-12-5-4-6-13(11-12)24-10-9-15(25)17(23-24)18(26)22-19-21-14-7-2-1-3-8-16(14)27-19/h4-6,9-11H,1-3,7-8H2,(H,21,22,26). The lowest BCUT2D eigenvalue weighted by molar-refractivity contribution is 0.101. The lowest BCUT2D eigenvalue weighted by atomic mass is 10.2. The van der Waals surface area contributed by atoms with Gasteiger partial charge in [0.15, 0.2) is 10.8 Å². The zero-order valence-corrected chi connectivity index (χ0v) is 15.3. The maximum absolute atomic E-state index is 13.4. The molecule has 138 valence electrons. The number of nitrogens with zero attached hydrogens (tertiary/aromatic N) is 3. The van der Waals surface area contributed by atoms with E-state index in [2.05, 4.69) is 15.4 Å². The summed E-state index contributed by atoms with van der Waals surface area (Å²) in [5.74, 6) is -1.04. The molecule has 2 heterocycles. The van der Waals surface area contributed by atoms with Gasteiger partial charge in [-0.2, -0.15) is 5.10 Å². The fourth-order valence-corrected chi connectivity index (χ4v) is 4.11. The SMILES string of the molecule is O=C(Nc1nc2c(s1)CCCCC2)c1nn(-c2cccc(F)c2)ccc1=O. The summed E-state index contributed by atoms with van der Waals surface area (Å²) in [4.78, 5) is 30.4. The van der Waals surface area contributed by atoms with E-state index in [1.165, 1.54) is 57.8 Å². The van der Waals surface area contributed by atoms with Crippen molar-refractivity contribution in [3.63, 3.8) is 0 Å². The van der Waals surface area contributed by atoms with Crippen molar-refractivity contribution in [1.82, 2.24) is 14.8 Å². The van der Waals surface area contributed by atoms with Crippen LogP contribution in [0.25, 0.3) is 5.69 Å². The van der Waals surface area contributed by atoms with E-state index >= 15 is 0 Å². The number of carbonyl (C=O) groups is 1. The molecule has 0 saturated heterocycles. The largest absolute Gasteiger partial charge is 0.296 e. The fourth-order valence-electron chi connectivity index (χ4n) is 3.07. The normalized spacial score (nSPS) is 13.7. The number of amides is 1. The summed E-state index contributed by atoms with van der Waals surface area (Å²) in [6.07, 6.45) is 6.71. The molecule has 0 atom stereocenters. The second kappa shape index (κ2) is 7.40. The quantitative estimate of drug-likeness (QED) is 0.703. The Morgan fingerprint density at radius 1 is 1.19 bits per heavy atom. The van der Waals surface area contributed by atoms with Gasteiger partial charge in [-0.1, -0.05) is 12.5 Å². The van der Waals surface area contributed by atoms with Crippen LogP contribution >= 0.6 is 11.3 Å². The highest BCUT2D eigenvalue weighted by atomic mass is 32.1. The van der Waals surface area contributed by atoms with Crippen LogP contribution in [0.15, 0.2) is 41.3 Å². The molecule has 1 aromatic carbocycles. The summed E-state index contributed by atoms with van der Waals surface area (Å²) >= 11 is 1.45. The van der Waals surface area contributed by atoms with Crippen molar-refractivity contribution in [2.45, 2.75) is 32.1 Å². The number of halogens is 1. The summed E-state index contributed by atoms with van der Waals surface area (Å²) in [6.45, 7) is 0. The van der Waals surface area contributed by atoms with Crippen molar-refractivity contribution in [3.05, 3.63) is 68.8 Å². The molecular weight excluding hydrogens is 367 g/mol. The minimum Gasteiger partial charge on any atom is -0.296 e. The minimum atomic E-state index is -0.616. The smallest absolute Gasteiger partial charge is 0.281 e. The number of aryl methyl sites for hydroxylation is 2. The Morgan fingerprint density at radius 2 is 2.04 bits per heavy atom. The van der Waals surface area contributed by atoms with Gasteiger partial charge in [0, 0.05) is 17.1 Å². The third kappa shape index (κ3) is 3.80. The predicted molar refractivity (Wildman–Crippen MR) is 101 cm³/mol. The van der Waals surface area contributed by atoms with Crippen LogP contribution in [0.1, 0.15) is 40.3 Å². The Kier molecular flexibility index (Phi) is 4.81. The zero-order valence-electron chi connectivity index (χ0n) is 14.4. The van der Waals surface area contributed by atoms with Crippen molar-refractivity contribution in [3.8, 4) is 5.69 Å². The van der Waals surface area contributed by atoms with Gasteiger partial charge in [-0.3, -0.25) is 14.9 Å². The maximum atomic E-state index is 13.4.